The first kappa shape index (κ1) is 18.6. The number of rotatable bonds is 8. The second kappa shape index (κ2) is 8.47. The molecule has 0 saturated carbocycles. The van der Waals surface area contributed by atoms with E-state index in [0.717, 1.165) is 11.1 Å². The van der Waals surface area contributed by atoms with Crippen molar-refractivity contribution in [1.82, 2.24) is 9.97 Å². The van der Waals surface area contributed by atoms with Crippen molar-refractivity contribution in [2.75, 3.05) is 24.9 Å². The van der Waals surface area contributed by atoms with Crippen molar-refractivity contribution >= 4 is 12.0 Å². The van der Waals surface area contributed by atoms with Gasteiger partial charge < -0.3 is 28.9 Å². The van der Waals surface area contributed by atoms with Crippen LogP contribution in [0.2, 0.25) is 0 Å². The third kappa shape index (κ3) is 4.14. The summed E-state index contributed by atoms with van der Waals surface area (Å²) in [7, 11) is 2.82. The van der Waals surface area contributed by atoms with E-state index in [1.807, 2.05) is 36.4 Å². The summed E-state index contributed by atoms with van der Waals surface area (Å²) in [5.41, 5.74) is 2.16. The van der Waals surface area contributed by atoms with Gasteiger partial charge in [-0.2, -0.15) is 20.5 Å². The highest BCUT2D eigenvalue weighted by molar-refractivity contribution is 5.39. The Morgan fingerprint density at radius 3 is 1.50 bits per heavy atom. The fraction of sp³-hybridized carbons (Fsp3) is 0.222. The zero-order valence-corrected chi connectivity index (χ0v) is 15.1. The van der Waals surface area contributed by atoms with Crippen LogP contribution in [0.15, 0.2) is 33.1 Å². The highest BCUT2D eigenvalue weighted by Crippen LogP contribution is 2.23. The van der Waals surface area contributed by atoms with Gasteiger partial charge in [0.15, 0.2) is 0 Å². The molecule has 2 N–H and O–H groups in total. The number of nitriles is 2. The molecule has 10 heteroatoms. The summed E-state index contributed by atoms with van der Waals surface area (Å²) < 4.78 is 20.4. The molecule has 0 aliphatic rings. The van der Waals surface area contributed by atoms with Crippen LogP contribution in [0.5, 0.6) is 11.9 Å². The molecule has 10 nitrogen and oxygen atoms in total. The lowest BCUT2D eigenvalue weighted by atomic mass is 10.1. The van der Waals surface area contributed by atoms with Gasteiger partial charge in [0.05, 0.1) is 14.2 Å². The minimum Gasteiger partial charge on any atom is -0.466 e. The molecule has 0 fully saturated rings. The molecule has 0 saturated heterocycles. The van der Waals surface area contributed by atoms with E-state index in [1.165, 1.54) is 14.2 Å². The lowest BCUT2D eigenvalue weighted by molar-refractivity contribution is 0.307. The lowest BCUT2D eigenvalue weighted by Crippen LogP contribution is -2.02. The summed E-state index contributed by atoms with van der Waals surface area (Å²) in [5, 5.41) is 23.9. The van der Waals surface area contributed by atoms with Crippen molar-refractivity contribution < 1.29 is 18.3 Å². The van der Waals surface area contributed by atoms with Crippen molar-refractivity contribution in [1.29, 1.82) is 10.5 Å². The Bertz CT molecular complexity index is 943. The van der Waals surface area contributed by atoms with Crippen LogP contribution in [0, 0.1) is 22.7 Å². The fourth-order valence-corrected chi connectivity index (χ4v) is 2.31. The number of hydrogen-bond acceptors (Lipinski definition) is 10. The Balaban J connectivity index is 1.55. The Hall–Kier alpha value is -4.18. The second-order valence-corrected chi connectivity index (χ2v) is 5.47. The standard InChI is InChI=1S/C18H16N6O4/c1-25-15-13(7-19)23-17(27-15)21-9-11-3-5-12(6-4-11)10-22-18-24-14(8-20)16(26-2)28-18/h3-6H,9-10H2,1-2H3,(H,21,23)(H,22,24). The summed E-state index contributed by atoms with van der Waals surface area (Å²) >= 11 is 0. The molecular formula is C18H16N6O4. The Morgan fingerprint density at radius 2 is 1.21 bits per heavy atom. The van der Waals surface area contributed by atoms with Gasteiger partial charge in [-0.25, -0.2) is 0 Å². The van der Waals surface area contributed by atoms with Crippen molar-refractivity contribution in [3.63, 3.8) is 0 Å². The molecule has 28 heavy (non-hydrogen) atoms. The predicted molar refractivity (Wildman–Crippen MR) is 96.6 cm³/mol. The molecule has 0 atom stereocenters. The first-order valence-electron chi connectivity index (χ1n) is 8.12. The maximum absolute atomic E-state index is 8.94. The van der Waals surface area contributed by atoms with Crippen molar-refractivity contribution in [2.45, 2.75) is 13.1 Å². The number of ether oxygens (including phenoxy) is 2. The van der Waals surface area contributed by atoms with Crippen LogP contribution in [-0.4, -0.2) is 24.2 Å². The topological polar surface area (TPSA) is 142 Å². The highest BCUT2D eigenvalue weighted by atomic mass is 16.6. The van der Waals surface area contributed by atoms with Crippen molar-refractivity contribution in [3.8, 4) is 24.0 Å². The quantitative estimate of drug-likeness (QED) is 0.598. The van der Waals surface area contributed by atoms with Gasteiger partial charge in [-0.15, -0.1) is 0 Å². The molecule has 0 aliphatic carbocycles. The van der Waals surface area contributed by atoms with Crippen LogP contribution in [0.1, 0.15) is 22.5 Å². The van der Waals surface area contributed by atoms with E-state index >= 15 is 0 Å². The maximum atomic E-state index is 8.94. The number of aromatic nitrogens is 2. The van der Waals surface area contributed by atoms with E-state index in [4.69, 9.17) is 28.8 Å². The number of methoxy groups -OCH3 is 2. The third-order valence-electron chi connectivity index (χ3n) is 3.69. The molecule has 0 spiro atoms. The molecule has 0 unspecified atom stereocenters. The lowest BCUT2D eigenvalue weighted by Gasteiger charge is -2.05. The molecule has 3 aromatic rings. The average molecular weight is 380 g/mol. The van der Waals surface area contributed by atoms with Crippen molar-refractivity contribution in [2.24, 2.45) is 0 Å². The minimum atomic E-state index is 0.0779. The number of oxazole rings is 2. The Labute approximate surface area is 160 Å². The third-order valence-corrected chi connectivity index (χ3v) is 3.69. The van der Waals surface area contributed by atoms with Gasteiger partial charge in [-0.1, -0.05) is 24.3 Å². The molecule has 0 bridgehead atoms. The molecule has 142 valence electrons. The predicted octanol–water partition coefficient (Wildman–Crippen LogP) is 2.65. The van der Waals surface area contributed by atoms with Crippen molar-refractivity contribution in [3.05, 3.63) is 46.8 Å². The molecule has 2 aromatic heterocycles. The largest absolute Gasteiger partial charge is 0.466 e. The van der Waals surface area contributed by atoms with Crippen LogP contribution in [0.4, 0.5) is 12.0 Å². The number of nitrogens with one attached hydrogen (secondary N) is 2. The molecular weight excluding hydrogens is 364 g/mol. The van der Waals surface area contributed by atoms with E-state index in [1.54, 1.807) is 0 Å². The molecule has 0 aliphatic heterocycles. The number of anilines is 2. The summed E-state index contributed by atoms with van der Waals surface area (Å²) in [4.78, 5) is 7.99. The molecule has 2 heterocycles. The van der Waals surface area contributed by atoms with E-state index in [-0.39, 0.29) is 35.3 Å². The normalized spacial score (nSPS) is 10.0. The average Bonchev–Trinajstić information content (AvgIpc) is 3.34. The van der Waals surface area contributed by atoms with Crippen LogP contribution < -0.4 is 20.1 Å². The highest BCUT2D eigenvalue weighted by Gasteiger charge is 2.14. The molecule has 0 amide bonds. The van der Waals surface area contributed by atoms with Gasteiger partial charge >= 0.3 is 11.9 Å². The van der Waals surface area contributed by atoms with E-state index < -0.39 is 0 Å². The Morgan fingerprint density at radius 1 is 0.821 bits per heavy atom. The smallest absolute Gasteiger partial charge is 0.325 e. The van der Waals surface area contributed by atoms with Gasteiger partial charge in [0.25, 0.3) is 12.0 Å². The second-order valence-electron chi connectivity index (χ2n) is 5.47. The van der Waals surface area contributed by atoms with Gasteiger partial charge in [-0.3, -0.25) is 0 Å². The Kier molecular flexibility index (Phi) is 5.63. The summed E-state index contributed by atoms with van der Waals surface area (Å²) in [5.74, 6) is 0.156. The fourth-order valence-electron chi connectivity index (χ4n) is 2.31. The first-order chi connectivity index (χ1) is 13.7. The molecule has 3 rings (SSSR count). The van der Waals surface area contributed by atoms with Crippen LogP contribution in [-0.2, 0) is 13.1 Å². The summed E-state index contributed by atoms with van der Waals surface area (Å²) in [6.45, 7) is 0.926. The zero-order chi connectivity index (χ0) is 19.9. The van der Waals surface area contributed by atoms with E-state index in [9.17, 15) is 0 Å². The SMILES string of the molecule is COc1oc(NCc2ccc(CNc3nc(C#N)c(OC)o3)cc2)nc1C#N. The van der Waals surface area contributed by atoms with E-state index in [2.05, 4.69) is 20.6 Å². The van der Waals surface area contributed by atoms with Crippen LogP contribution >= 0.6 is 0 Å². The first-order valence-corrected chi connectivity index (χ1v) is 8.12. The summed E-state index contributed by atoms with van der Waals surface area (Å²) in [6, 6.07) is 12.0. The van der Waals surface area contributed by atoms with Gasteiger partial charge in [-0.05, 0) is 11.1 Å². The van der Waals surface area contributed by atoms with Gasteiger partial charge in [0, 0.05) is 13.1 Å². The van der Waals surface area contributed by atoms with Crippen LogP contribution in [0.3, 0.4) is 0 Å². The molecule has 1 aromatic carbocycles. The molecule has 0 radical (unpaired) electrons. The van der Waals surface area contributed by atoms with E-state index in [0.29, 0.717) is 13.1 Å². The number of benzene rings is 1. The van der Waals surface area contributed by atoms with Crippen LogP contribution in [0.25, 0.3) is 0 Å². The van der Waals surface area contributed by atoms with Gasteiger partial charge in [0.2, 0.25) is 11.4 Å². The number of nitrogens with zero attached hydrogens (tertiary/aromatic N) is 4. The monoisotopic (exact) mass is 380 g/mol. The summed E-state index contributed by atoms with van der Waals surface area (Å²) in [6.07, 6.45) is 0. The zero-order valence-electron chi connectivity index (χ0n) is 15.1. The minimum absolute atomic E-state index is 0.0779. The maximum Gasteiger partial charge on any atom is 0.325 e. The van der Waals surface area contributed by atoms with Gasteiger partial charge in [0.1, 0.15) is 12.1 Å². The number of hydrogen-bond donors (Lipinski definition) is 2.